The molecule has 2 N–H and O–H groups in total. The van der Waals surface area contributed by atoms with Gasteiger partial charge >= 0.3 is 0 Å². The van der Waals surface area contributed by atoms with Crippen LogP contribution in [0.3, 0.4) is 0 Å². The molecule has 0 aromatic heterocycles. The molecule has 0 aromatic carbocycles. The van der Waals surface area contributed by atoms with E-state index < -0.39 is 0 Å². The van der Waals surface area contributed by atoms with Crippen LogP contribution in [0.4, 0.5) is 0 Å². The van der Waals surface area contributed by atoms with Gasteiger partial charge in [0.25, 0.3) is 0 Å². The Labute approximate surface area is 126 Å². The molecule has 0 saturated carbocycles. The van der Waals surface area contributed by atoms with Gasteiger partial charge in [0.1, 0.15) is 0 Å². The Morgan fingerprint density at radius 2 is 1.25 bits per heavy atom. The van der Waals surface area contributed by atoms with E-state index >= 15 is 0 Å². The molecular weight excluding hydrogens is 248 g/mol. The Kier molecular flexibility index (Phi) is 16.1. The van der Waals surface area contributed by atoms with Gasteiger partial charge < -0.3 is 10.2 Å². The second-order valence-electron chi connectivity index (χ2n) is 5.94. The first-order valence-electron chi connectivity index (χ1n) is 8.78. The number of hydrogen-bond acceptors (Lipinski definition) is 2. The minimum absolute atomic E-state index is 0.0582. The Hall–Kier alpha value is -0.500. The van der Waals surface area contributed by atoms with Crippen LogP contribution in [0.25, 0.3) is 0 Å². The highest BCUT2D eigenvalue weighted by atomic mass is 16.3. The molecule has 0 heterocycles. The molecule has 0 fully saturated rings. The molecule has 0 amide bonds. The van der Waals surface area contributed by atoms with Gasteiger partial charge in [0.2, 0.25) is 0 Å². The Morgan fingerprint density at radius 3 is 1.80 bits per heavy atom. The van der Waals surface area contributed by atoms with E-state index in [0.29, 0.717) is 0 Å². The second-order valence-corrected chi connectivity index (χ2v) is 5.94. The average molecular weight is 284 g/mol. The van der Waals surface area contributed by atoms with Gasteiger partial charge in [-0.3, -0.25) is 0 Å². The van der Waals surface area contributed by atoms with Crippen LogP contribution in [-0.4, -0.2) is 16.3 Å². The zero-order valence-electron chi connectivity index (χ0n) is 13.5. The second kappa shape index (κ2) is 16.6. The summed E-state index contributed by atoms with van der Waals surface area (Å²) in [5.74, 6) is 0. The number of aliphatic hydroxyl groups excluding tert-OH is 2. The van der Waals surface area contributed by atoms with Gasteiger partial charge in [-0.2, -0.15) is 0 Å². The molecule has 0 rings (SSSR count). The largest absolute Gasteiger partial charge is 0.516 e. The molecule has 0 aromatic rings. The van der Waals surface area contributed by atoms with E-state index in [0.717, 1.165) is 25.5 Å². The van der Waals surface area contributed by atoms with Gasteiger partial charge in [-0.1, -0.05) is 77.2 Å². The fourth-order valence-corrected chi connectivity index (χ4v) is 2.55. The topological polar surface area (TPSA) is 40.5 Å². The summed E-state index contributed by atoms with van der Waals surface area (Å²) in [6.07, 6.45) is 19.8. The highest BCUT2D eigenvalue weighted by Crippen LogP contribution is 2.13. The monoisotopic (exact) mass is 284 g/mol. The molecule has 120 valence electrons. The predicted octanol–water partition coefficient (Wildman–Crippen LogP) is 5.90. The third-order valence-corrected chi connectivity index (χ3v) is 3.90. The van der Waals surface area contributed by atoms with Crippen LogP contribution in [0.2, 0.25) is 0 Å². The van der Waals surface area contributed by atoms with Crippen molar-refractivity contribution in [2.75, 3.05) is 0 Å². The van der Waals surface area contributed by atoms with Crippen LogP contribution in [0.5, 0.6) is 0 Å². The molecule has 0 spiro atoms. The van der Waals surface area contributed by atoms with Gasteiger partial charge in [-0.25, -0.2) is 0 Å². The van der Waals surface area contributed by atoms with Crippen LogP contribution < -0.4 is 0 Å². The number of rotatable bonds is 15. The summed E-state index contributed by atoms with van der Waals surface area (Å²) in [4.78, 5) is 0. The van der Waals surface area contributed by atoms with Crippen molar-refractivity contribution < 1.29 is 10.2 Å². The van der Waals surface area contributed by atoms with Crippen molar-refractivity contribution in [2.24, 2.45) is 0 Å². The molecule has 0 aliphatic carbocycles. The standard InChI is InChI=1S/C18H36O2/c1-2-3-4-12-15-18(20)16-13-10-8-6-5-7-9-11-14-17-19/h14,17-20H,2-13,15-16H2,1H3/b17-14+/t18-/m0/s1. The van der Waals surface area contributed by atoms with Crippen molar-refractivity contribution in [2.45, 2.75) is 103 Å². The molecule has 20 heavy (non-hydrogen) atoms. The first kappa shape index (κ1) is 19.5. The quantitative estimate of drug-likeness (QED) is 0.290. The first-order valence-corrected chi connectivity index (χ1v) is 8.78. The molecule has 0 radical (unpaired) electrons. The molecule has 0 unspecified atom stereocenters. The lowest BCUT2D eigenvalue weighted by Crippen LogP contribution is -2.05. The number of unbranched alkanes of at least 4 members (excludes halogenated alkanes) is 10. The zero-order chi connectivity index (χ0) is 14.9. The molecule has 0 aliphatic rings. The highest BCUT2D eigenvalue weighted by Gasteiger charge is 2.03. The summed E-state index contributed by atoms with van der Waals surface area (Å²) in [5, 5.41) is 18.3. The van der Waals surface area contributed by atoms with Crippen LogP contribution in [0, 0.1) is 0 Å². The van der Waals surface area contributed by atoms with E-state index in [1.54, 1.807) is 0 Å². The molecule has 1 atom stereocenters. The van der Waals surface area contributed by atoms with Crippen molar-refractivity contribution in [3.8, 4) is 0 Å². The minimum Gasteiger partial charge on any atom is -0.516 e. The smallest absolute Gasteiger partial charge is 0.0751 e. The maximum absolute atomic E-state index is 9.84. The fraction of sp³-hybridized carbons (Fsp3) is 0.889. The van der Waals surface area contributed by atoms with Gasteiger partial charge in [0.15, 0.2) is 0 Å². The van der Waals surface area contributed by atoms with Gasteiger partial charge in [-0.05, 0) is 25.7 Å². The minimum atomic E-state index is -0.0582. The maximum atomic E-state index is 9.84. The van der Waals surface area contributed by atoms with E-state index in [1.165, 1.54) is 70.6 Å². The maximum Gasteiger partial charge on any atom is 0.0751 e. The third-order valence-electron chi connectivity index (χ3n) is 3.90. The van der Waals surface area contributed by atoms with Crippen molar-refractivity contribution in [3.05, 3.63) is 12.3 Å². The van der Waals surface area contributed by atoms with Crippen LogP contribution in [0.1, 0.15) is 96.8 Å². The number of hydrogen-bond donors (Lipinski definition) is 2. The van der Waals surface area contributed by atoms with E-state index in [-0.39, 0.29) is 6.10 Å². The molecule has 2 nitrogen and oxygen atoms in total. The van der Waals surface area contributed by atoms with E-state index in [1.807, 2.05) is 6.08 Å². The third kappa shape index (κ3) is 15.6. The summed E-state index contributed by atoms with van der Waals surface area (Å²) < 4.78 is 0. The van der Waals surface area contributed by atoms with Crippen LogP contribution in [-0.2, 0) is 0 Å². The normalized spacial score (nSPS) is 13.1. The highest BCUT2D eigenvalue weighted by molar-refractivity contribution is 4.70. The van der Waals surface area contributed by atoms with Crippen LogP contribution in [0.15, 0.2) is 12.3 Å². The number of aliphatic hydroxyl groups is 2. The van der Waals surface area contributed by atoms with E-state index in [4.69, 9.17) is 5.11 Å². The Balaban J connectivity index is 3.11. The van der Waals surface area contributed by atoms with Crippen molar-refractivity contribution >= 4 is 0 Å². The molecule has 0 bridgehead atoms. The van der Waals surface area contributed by atoms with Crippen molar-refractivity contribution in [1.82, 2.24) is 0 Å². The Bertz CT molecular complexity index is 202. The predicted molar refractivity (Wildman–Crippen MR) is 88.1 cm³/mol. The fourth-order valence-electron chi connectivity index (χ4n) is 2.55. The lowest BCUT2D eigenvalue weighted by Gasteiger charge is -2.10. The lowest BCUT2D eigenvalue weighted by molar-refractivity contribution is 0.147. The Morgan fingerprint density at radius 1 is 0.750 bits per heavy atom. The summed E-state index contributed by atoms with van der Waals surface area (Å²) >= 11 is 0. The summed E-state index contributed by atoms with van der Waals surface area (Å²) in [6, 6.07) is 0. The van der Waals surface area contributed by atoms with E-state index in [2.05, 4.69) is 6.92 Å². The summed E-state index contributed by atoms with van der Waals surface area (Å²) in [7, 11) is 0. The summed E-state index contributed by atoms with van der Waals surface area (Å²) in [5.41, 5.74) is 0. The van der Waals surface area contributed by atoms with Gasteiger partial charge in [0, 0.05) is 0 Å². The first-order chi connectivity index (χ1) is 9.81. The molecule has 0 aliphatic heterocycles. The molecule has 0 saturated heterocycles. The van der Waals surface area contributed by atoms with Crippen molar-refractivity contribution in [3.63, 3.8) is 0 Å². The number of allylic oxidation sites excluding steroid dienone is 1. The van der Waals surface area contributed by atoms with E-state index in [9.17, 15) is 5.11 Å². The average Bonchev–Trinajstić information content (AvgIpc) is 2.45. The lowest BCUT2D eigenvalue weighted by atomic mass is 10.0. The molecular formula is C18H36O2. The van der Waals surface area contributed by atoms with Crippen molar-refractivity contribution in [1.29, 1.82) is 0 Å². The zero-order valence-corrected chi connectivity index (χ0v) is 13.5. The SMILES string of the molecule is CCCCCC[C@H](O)CCCCCCCCC/C=C/O. The van der Waals surface area contributed by atoms with Crippen LogP contribution >= 0.6 is 0 Å². The van der Waals surface area contributed by atoms with Gasteiger partial charge in [0.05, 0.1) is 12.4 Å². The molecule has 2 heteroatoms. The van der Waals surface area contributed by atoms with Gasteiger partial charge in [-0.15, -0.1) is 0 Å². The summed E-state index contributed by atoms with van der Waals surface area (Å²) in [6.45, 7) is 2.22.